The fourth-order valence-electron chi connectivity index (χ4n) is 0.963. The maximum atomic E-state index is 10.6. The van der Waals surface area contributed by atoms with Crippen LogP contribution in [0.2, 0.25) is 0 Å². The average molecular weight is 215 g/mol. The Kier molecular flexibility index (Phi) is 4.26. The van der Waals surface area contributed by atoms with Crippen molar-refractivity contribution in [1.29, 1.82) is 0 Å². The van der Waals surface area contributed by atoms with Gasteiger partial charge in [0.2, 0.25) is 0 Å². The van der Waals surface area contributed by atoms with Crippen LogP contribution in [0, 0.1) is 0 Å². The Labute approximate surface area is 87.3 Å². The second-order valence-electron chi connectivity index (χ2n) is 2.72. The Bertz CT molecular complexity index is 312. The zero-order chi connectivity index (χ0) is 10.4. The lowest BCUT2D eigenvalue weighted by atomic mass is 10.2. The summed E-state index contributed by atoms with van der Waals surface area (Å²) in [5, 5.41) is 8.70. The van der Waals surface area contributed by atoms with E-state index in [0.29, 0.717) is 18.2 Å². The molecule has 1 aromatic rings. The lowest BCUT2D eigenvalue weighted by molar-refractivity contribution is 0.0696. The van der Waals surface area contributed by atoms with Crippen molar-refractivity contribution in [3.63, 3.8) is 0 Å². The van der Waals surface area contributed by atoms with Crippen LogP contribution in [0.1, 0.15) is 16.8 Å². The number of hydrogen-bond acceptors (Lipinski definition) is 2. The summed E-state index contributed by atoms with van der Waals surface area (Å²) < 4.78 is 5.29. The van der Waals surface area contributed by atoms with Crippen LogP contribution in [-0.4, -0.2) is 23.6 Å². The van der Waals surface area contributed by atoms with Gasteiger partial charge in [-0.1, -0.05) is 6.07 Å². The number of carbonyl (C=O) groups is 1. The van der Waals surface area contributed by atoms with Crippen LogP contribution in [-0.2, 0) is 0 Å². The predicted octanol–water partition coefficient (Wildman–Crippen LogP) is 2.39. The standard InChI is InChI=1S/C10H11ClO3/c11-5-2-6-14-9-4-1-3-8(7-9)10(12)13/h1,3-4,7H,2,5-6H2,(H,12,13). The van der Waals surface area contributed by atoms with Gasteiger partial charge in [0.05, 0.1) is 12.2 Å². The fraction of sp³-hybridized carbons (Fsp3) is 0.300. The van der Waals surface area contributed by atoms with E-state index in [-0.39, 0.29) is 5.56 Å². The van der Waals surface area contributed by atoms with Crippen molar-refractivity contribution in [3.05, 3.63) is 29.8 Å². The first-order chi connectivity index (χ1) is 6.74. The van der Waals surface area contributed by atoms with E-state index < -0.39 is 5.97 Å². The first kappa shape index (κ1) is 10.9. The summed E-state index contributed by atoms with van der Waals surface area (Å²) in [7, 11) is 0. The SMILES string of the molecule is O=C(O)c1cccc(OCCCCl)c1. The molecule has 0 bridgehead atoms. The third-order valence-electron chi connectivity index (χ3n) is 1.63. The van der Waals surface area contributed by atoms with E-state index in [0.717, 1.165) is 6.42 Å². The first-order valence-electron chi connectivity index (χ1n) is 4.26. The van der Waals surface area contributed by atoms with Crippen molar-refractivity contribution in [2.75, 3.05) is 12.5 Å². The van der Waals surface area contributed by atoms with Gasteiger partial charge in [-0.2, -0.15) is 0 Å². The lowest BCUT2D eigenvalue weighted by Crippen LogP contribution is -2.00. The van der Waals surface area contributed by atoms with Gasteiger partial charge in [0.1, 0.15) is 5.75 Å². The Morgan fingerprint density at radius 3 is 2.93 bits per heavy atom. The van der Waals surface area contributed by atoms with Crippen LogP contribution in [0.25, 0.3) is 0 Å². The summed E-state index contributed by atoms with van der Waals surface area (Å²) in [6.07, 6.45) is 0.749. The lowest BCUT2D eigenvalue weighted by Gasteiger charge is -2.04. The van der Waals surface area contributed by atoms with E-state index in [1.54, 1.807) is 12.1 Å². The Morgan fingerprint density at radius 1 is 1.50 bits per heavy atom. The zero-order valence-corrected chi connectivity index (χ0v) is 8.33. The Balaban J connectivity index is 2.59. The van der Waals surface area contributed by atoms with Gasteiger partial charge in [-0.25, -0.2) is 4.79 Å². The van der Waals surface area contributed by atoms with Gasteiger partial charge in [-0.15, -0.1) is 11.6 Å². The number of halogens is 1. The number of aromatic carboxylic acids is 1. The Hall–Kier alpha value is -1.22. The van der Waals surface area contributed by atoms with Gasteiger partial charge in [0.25, 0.3) is 0 Å². The molecule has 76 valence electrons. The summed E-state index contributed by atoms with van der Waals surface area (Å²) in [5.74, 6) is 0.154. The molecule has 0 heterocycles. The number of hydrogen-bond donors (Lipinski definition) is 1. The first-order valence-corrected chi connectivity index (χ1v) is 4.79. The smallest absolute Gasteiger partial charge is 0.335 e. The molecule has 0 fully saturated rings. The molecule has 0 aliphatic heterocycles. The largest absolute Gasteiger partial charge is 0.494 e. The second-order valence-corrected chi connectivity index (χ2v) is 3.10. The van der Waals surface area contributed by atoms with E-state index >= 15 is 0 Å². The molecule has 0 saturated carbocycles. The van der Waals surface area contributed by atoms with Gasteiger partial charge in [0.15, 0.2) is 0 Å². The average Bonchev–Trinajstić information content (AvgIpc) is 2.19. The van der Waals surface area contributed by atoms with Gasteiger partial charge in [0, 0.05) is 5.88 Å². The van der Waals surface area contributed by atoms with Crippen molar-refractivity contribution in [3.8, 4) is 5.75 Å². The maximum Gasteiger partial charge on any atom is 0.335 e. The molecule has 0 spiro atoms. The van der Waals surface area contributed by atoms with E-state index in [9.17, 15) is 4.79 Å². The molecule has 0 aromatic heterocycles. The minimum Gasteiger partial charge on any atom is -0.494 e. The quantitative estimate of drug-likeness (QED) is 0.605. The molecule has 14 heavy (non-hydrogen) atoms. The zero-order valence-electron chi connectivity index (χ0n) is 7.57. The van der Waals surface area contributed by atoms with Crippen molar-refractivity contribution < 1.29 is 14.6 Å². The fourth-order valence-corrected chi connectivity index (χ4v) is 1.07. The van der Waals surface area contributed by atoms with Crippen LogP contribution in [0.15, 0.2) is 24.3 Å². The van der Waals surface area contributed by atoms with Gasteiger partial charge in [-0.05, 0) is 24.6 Å². The summed E-state index contributed by atoms with van der Waals surface area (Å²) >= 11 is 5.48. The monoisotopic (exact) mass is 214 g/mol. The number of rotatable bonds is 5. The van der Waals surface area contributed by atoms with Crippen LogP contribution in [0.3, 0.4) is 0 Å². The van der Waals surface area contributed by atoms with Gasteiger partial charge >= 0.3 is 5.97 Å². The van der Waals surface area contributed by atoms with E-state index in [2.05, 4.69) is 0 Å². The molecule has 0 unspecified atom stereocenters. The molecule has 3 nitrogen and oxygen atoms in total. The highest BCUT2D eigenvalue weighted by Crippen LogP contribution is 2.13. The number of alkyl halides is 1. The molecule has 0 aliphatic rings. The molecule has 4 heteroatoms. The van der Waals surface area contributed by atoms with Crippen molar-refractivity contribution in [2.45, 2.75) is 6.42 Å². The summed E-state index contributed by atoms with van der Waals surface area (Å²) in [6, 6.07) is 6.40. The van der Waals surface area contributed by atoms with Gasteiger partial charge in [-0.3, -0.25) is 0 Å². The topological polar surface area (TPSA) is 46.5 Å². The summed E-state index contributed by atoms with van der Waals surface area (Å²) in [6.45, 7) is 0.507. The molecule has 0 aliphatic carbocycles. The third kappa shape index (κ3) is 3.26. The highest BCUT2D eigenvalue weighted by molar-refractivity contribution is 6.17. The van der Waals surface area contributed by atoms with E-state index in [1.165, 1.54) is 12.1 Å². The summed E-state index contributed by atoms with van der Waals surface area (Å²) in [4.78, 5) is 10.6. The normalized spacial score (nSPS) is 9.79. The molecule has 1 N–H and O–H groups in total. The Morgan fingerprint density at radius 2 is 2.29 bits per heavy atom. The van der Waals surface area contributed by atoms with Gasteiger partial charge < -0.3 is 9.84 Å². The molecular formula is C10H11ClO3. The number of benzene rings is 1. The maximum absolute atomic E-state index is 10.6. The van der Waals surface area contributed by atoms with Crippen molar-refractivity contribution in [2.24, 2.45) is 0 Å². The molecule has 1 rings (SSSR count). The minimum atomic E-state index is -0.951. The highest BCUT2D eigenvalue weighted by Gasteiger charge is 2.03. The molecule has 0 radical (unpaired) electrons. The minimum absolute atomic E-state index is 0.230. The molecular weight excluding hydrogens is 204 g/mol. The van der Waals surface area contributed by atoms with Crippen LogP contribution >= 0.6 is 11.6 Å². The third-order valence-corrected chi connectivity index (χ3v) is 1.89. The number of ether oxygens (including phenoxy) is 1. The predicted molar refractivity (Wildman–Crippen MR) is 54.2 cm³/mol. The van der Waals surface area contributed by atoms with Crippen LogP contribution < -0.4 is 4.74 Å². The van der Waals surface area contributed by atoms with Crippen molar-refractivity contribution >= 4 is 17.6 Å². The summed E-state index contributed by atoms with van der Waals surface area (Å²) in [5.41, 5.74) is 0.230. The number of carboxylic acid groups (broad SMARTS) is 1. The van der Waals surface area contributed by atoms with E-state index in [1.807, 2.05) is 0 Å². The van der Waals surface area contributed by atoms with Crippen LogP contribution in [0.4, 0.5) is 0 Å². The highest BCUT2D eigenvalue weighted by atomic mass is 35.5. The molecule has 0 saturated heterocycles. The molecule has 1 aromatic carbocycles. The van der Waals surface area contributed by atoms with Crippen molar-refractivity contribution in [1.82, 2.24) is 0 Å². The second kappa shape index (κ2) is 5.50. The van der Waals surface area contributed by atoms with E-state index in [4.69, 9.17) is 21.4 Å². The number of carboxylic acids is 1. The van der Waals surface area contributed by atoms with Crippen LogP contribution in [0.5, 0.6) is 5.75 Å². The molecule has 0 amide bonds. The molecule has 0 atom stereocenters.